The number of pyridine rings is 2. The highest BCUT2D eigenvalue weighted by Gasteiger charge is 2.64. The molecule has 0 spiro atoms. The topological polar surface area (TPSA) is 136 Å². The zero-order chi connectivity index (χ0) is 29.2. The summed E-state index contributed by atoms with van der Waals surface area (Å²) in [6.45, 7) is 6.87. The van der Waals surface area contributed by atoms with Gasteiger partial charge in [-0.25, -0.2) is 19.3 Å². The van der Waals surface area contributed by atoms with Gasteiger partial charge in [0.2, 0.25) is 11.8 Å². The van der Waals surface area contributed by atoms with Crippen LogP contribution in [-0.2, 0) is 16.1 Å². The number of rotatable bonds is 6. The molecule has 4 aromatic rings. The Morgan fingerprint density at radius 3 is 2.54 bits per heavy atom. The largest absolute Gasteiger partial charge is 0.325 e. The van der Waals surface area contributed by atoms with Gasteiger partial charge in [0.1, 0.15) is 40.3 Å². The van der Waals surface area contributed by atoms with E-state index in [1.54, 1.807) is 37.2 Å². The molecule has 1 saturated carbocycles. The summed E-state index contributed by atoms with van der Waals surface area (Å²) >= 11 is 3.13. The Morgan fingerprint density at radius 2 is 1.85 bits per heavy atom. The zero-order valence-electron chi connectivity index (χ0n) is 22.8. The molecular weight excluding hydrogens is 595 g/mol. The van der Waals surface area contributed by atoms with Gasteiger partial charge < -0.3 is 10.2 Å². The van der Waals surface area contributed by atoms with Crippen LogP contribution in [0, 0.1) is 25.1 Å². The number of nitrogens with one attached hydrogen (secondary N) is 1. The van der Waals surface area contributed by atoms with Crippen LogP contribution < -0.4 is 5.32 Å². The van der Waals surface area contributed by atoms with E-state index >= 15 is 0 Å². The highest BCUT2D eigenvalue weighted by atomic mass is 79.9. The fourth-order valence-corrected chi connectivity index (χ4v) is 6.16. The van der Waals surface area contributed by atoms with Crippen LogP contribution in [-0.4, -0.2) is 64.3 Å². The Balaban J connectivity index is 1.31. The van der Waals surface area contributed by atoms with E-state index < -0.39 is 17.8 Å². The molecule has 1 aliphatic carbocycles. The quantitative estimate of drug-likeness (QED) is 0.252. The minimum atomic E-state index is -0.753. The number of carbonyl (C=O) groups excluding carboxylic acids is 3. The second kappa shape index (κ2) is 9.75. The van der Waals surface area contributed by atoms with Crippen molar-refractivity contribution < 1.29 is 18.8 Å². The van der Waals surface area contributed by atoms with Crippen LogP contribution in [0.15, 0.2) is 35.2 Å². The summed E-state index contributed by atoms with van der Waals surface area (Å²) in [6.07, 6.45) is 4.60. The molecule has 4 aromatic heterocycles. The fraction of sp³-hybridized carbons (Fsp3) is 0.357. The lowest BCUT2D eigenvalue weighted by Gasteiger charge is -2.27. The van der Waals surface area contributed by atoms with Crippen molar-refractivity contribution in [2.45, 2.75) is 59.2 Å². The summed E-state index contributed by atoms with van der Waals surface area (Å²) in [5.74, 6) is -0.859. The minimum absolute atomic E-state index is 0.0562. The lowest BCUT2D eigenvalue weighted by molar-refractivity contribution is -0.138. The minimum Gasteiger partial charge on any atom is -0.325 e. The fourth-order valence-electron chi connectivity index (χ4n) is 5.75. The van der Waals surface area contributed by atoms with Crippen LogP contribution in [0.1, 0.15) is 48.7 Å². The Bertz CT molecular complexity index is 1740. The van der Waals surface area contributed by atoms with Crippen LogP contribution in [0.2, 0.25) is 0 Å². The molecule has 13 heteroatoms. The van der Waals surface area contributed by atoms with Gasteiger partial charge in [-0.15, -0.1) is 0 Å². The van der Waals surface area contributed by atoms with E-state index in [2.05, 4.69) is 41.3 Å². The van der Waals surface area contributed by atoms with Gasteiger partial charge >= 0.3 is 0 Å². The van der Waals surface area contributed by atoms with Crippen molar-refractivity contribution >= 4 is 50.2 Å². The summed E-state index contributed by atoms with van der Waals surface area (Å²) in [6, 6.07) is 3.22. The maximum Gasteiger partial charge on any atom is 0.248 e. The third-order valence-electron chi connectivity index (χ3n) is 7.83. The first-order chi connectivity index (χ1) is 19.4. The number of likely N-dealkylation sites (tertiary alicyclic amines) is 1. The molecule has 210 valence electrons. The summed E-state index contributed by atoms with van der Waals surface area (Å²) < 4.78 is 15.6. The van der Waals surface area contributed by atoms with E-state index in [1.165, 1.54) is 17.7 Å². The second-order valence-electron chi connectivity index (χ2n) is 10.9. The predicted molar refractivity (Wildman–Crippen MR) is 150 cm³/mol. The van der Waals surface area contributed by atoms with Crippen molar-refractivity contribution in [1.29, 1.82) is 0 Å². The van der Waals surface area contributed by atoms with Crippen molar-refractivity contribution in [1.82, 2.24) is 34.6 Å². The molecule has 3 atom stereocenters. The molecule has 1 unspecified atom stereocenters. The maximum atomic E-state index is 13.9. The highest BCUT2D eigenvalue weighted by molar-refractivity contribution is 9.10. The lowest BCUT2D eigenvalue weighted by atomic mass is 10.0. The Morgan fingerprint density at radius 1 is 1.12 bits per heavy atom. The summed E-state index contributed by atoms with van der Waals surface area (Å²) in [5.41, 5.74) is 2.48. The average Bonchev–Trinajstić information content (AvgIpc) is 3.25. The van der Waals surface area contributed by atoms with Gasteiger partial charge in [0, 0.05) is 48.4 Å². The number of ketones is 1. The first kappa shape index (κ1) is 27.1. The number of halogens is 2. The molecule has 2 aliphatic rings. The highest BCUT2D eigenvalue weighted by Crippen LogP contribution is 2.59. The first-order valence-corrected chi connectivity index (χ1v) is 13.9. The van der Waals surface area contributed by atoms with Crippen LogP contribution >= 0.6 is 15.9 Å². The SMILES string of the molecule is CC(=O)c1nn(CC(=O)N2C3C[C@]3(C)C[C@H]2C(=O)Nc2cc(F)cc(Br)n2)c2c(C)nc(-c3cnc(C)nc3)cc12. The number of fused-ring (bicyclic) bond motifs is 2. The smallest absolute Gasteiger partial charge is 0.248 e. The normalized spacial score (nSPS) is 21.2. The van der Waals surface area contributed by atoms with E-state index in [4.69, 9.17) is 4.98 Å². The monoisotopic (exact) mass is 620 g/mol. The van der Waals surface area contributed by atoms with E-state index in [0.29, 0.717) is 40.1 Å². The number of amides is 2. The number of piperidine rings is 1. The molecule has 0 radical (unpaired) electrons. The summed E-state index contributed by atoms with van der Waals surface area (Å²) in [5, 5.41) is 7.74. The van der Waals surface area contributed by atoms with E-state index in [-0.39, 0.29) is 45.8 Å². The molecular formula is C28H26BrFN8O3. The maximum absolute atomic E-state index is 13.9. The van der Waals surface area contributed by atoms with Gasteiger partial charge in [-0.3, -0.25) is 24.0 Å². The number of anilines is 1. The van der Waals surface area contributed by atoms with Crippen molar-refractivity contribution in [2.24, 2.45) is 5.41 Å². The molecule has 2 fully saturated rings. The Hall–Kier alpha value is -4.13. The van der Waals surface area contributed by atoms with E-state index in [1.807, 2.05) is 6.92 Å². The molecule has 1 N–H and O–H groups in total. The Labute approximate surface area is 242 Å². The molecule has 5 heterocycles. The number of nitrogens with zero attached hydrogens (tertiary/aromatic N) is 7. The molecule has 41 heavy (non-hydrogen) atoms. The third-order valence-corrected chi connectivity index (χ3v) is 8.24. The van der Waals surface area contributed by atoms with Gasteiger partial charge in [-0.05, 0) is 54.1 Å². The number of hydrogen-bond donors (Lipinski definition) is 1. The van der Waals surface area contributed by atoms with Crippen molar-refractivity contribution in [3.05, 3.63) is 58.2 Å². The number of carbonyl (C=O) groups is 3. The number of hydrogen-bond acceptors (Lipinski definition) is 8. The number of aryl methyl sites for hydroxylation is 2. The molecule has 0 aromatic carbocycles. The van der Waals surface area contributed by atoms with E-state index in [0.717, 1.165) is 12.5 Å². The molecule has 2 amide bonds. The second-order valence-corrected chi connectivity index (χ2v) is 11.8. The predicted octanol–water partition coefficient (Wildman–Crippen LogP) is 4.02. The van der Waals surface area contributed by atoms with Crippen LogP contribution in [0.4, 0.5) is 10.2 Å². The Kier molecular flexibility index (Phi) is 6.44. The van der Waals surface area contributed by atoms with Gasteiger partial charge in [-0.1, -0.05) is 6.92 Å². The molecule has 0 bridgehead atoms. The molecule has 1 saturated heterocycles. The van der Waals surface area contributed by atoms with Crippen LogP contribution in [0.5, 0.6) is 0 Å². The van der Waals surface area contributed by atoms with Gasteiger partial charge in [-0.2, -0.15) is 5.10 Å². The standard InChI is InChI=1S/C28H26BrFN8O3/c1-13-26-18(7-19(33-13)16-10-31-15(3)32-11-16)25(14(2)39)36-37(26)12-24(40)38-20(8-28(4)9-21(28)38)27(41)35-23-6-17(30)5-22(29)34-23/h5-7,10-11,20-21H,8-9,12H2,1-4H3,(H,34,35,41)/t20-,21?,28-/m0/s1. The molecule has 11 nitrogen and oxygen atoms in total. The summed E-state index contributed by atoms with van der Waals surface area (Å²) in [7, 11) is 0. The zero-order valence-corrected chi connectivity index (χ0v) is 24.4. The summed E-state index contributed by atoms with van der Waals surface area (Å²) in [4.78, 5) is 58.6. The molecule has 1 aliphatic heterocycles. The lowest BCUT2D eigenvalue weighted by Crippen LogP contribution is -2.46. The van der Waals surface area contributed by atoms with E-state index in [9.17, 15) is 18.8 Å². The van der Waals surface area contributed by atoms with Crippen molar-refractivity contribution in [2.75, 3.05) is 5.32 Å². The molecule has 6 rings (SSSR count). The van der Waals surface area contributed by atoms with Gasteiger partial charge in [0.15, 0.2) is 5.78 Å². The van der Waals surface area contributed by atoms with Crippen LogP contribution in [0.3, 0.4) is 0 Å². The number of Topliss-reactive ketones (excluding diaryl/α,β-unsaturated/α-hetero) is 1. The van der Waals surface area contributed by atoms with Crippen molar-refractivity contribution in [3.8, 4) is 11.3 Å². The van der Waals surface area contributed by atoms with Crippen molar-refractivity contribution in [3.63, 3.8) is 0 Å². The van der Waals surface area contributed by atoms with Crippen LogP contribution in [0.25, 0.3) is 22.2 Å². The van der Waals surface area contributed by atoms with Gasteiger partial charge in [0.05, 0.1) is 16.9 Å². The number of aromatic nitrogens is 6. The van der Waals surface area contributed by atoms with Gasteiger partial charge in [0.25, 0.3) is 0 Å². The first-order valence-electron chi connectivity index (χ1n) is 13.1. The third kappa shape index (κ3) is 4.88. The average molecular weight is 621 g/mol.